The lowest BCUT2D eigenvalue weighted by atomic mass is 10.3. The van der Waals surface area contributed by atoms with Crippen molar-refractivity contribution in [1.82, 2.24) is 19.6 Å². The molecule has 7 heteroatoms. The van der Waals surface area contributed by atoms with Crippen LogP contribution in [0.2, 0.25) is 0 Å². The zero-order chi connectivity index (χ0) is 12.1. The number of rotatable bonds is 1. The Balaban J connectivity index is 1.94. The molecule has 0 fully saturated rings. The Morgan fingerprint density at radius 2 is 2.06 bits per heavy atom. The zero-order valence-corrected chi connectivity index (χ0v) is 10.6. The minimum atomic E-state index is -0.103. The first-order chi connectivity index (χ1) is 8.79. The number of benzene rings is 1. The third-order valence-corrected chi connectivity index (χ3v) is 4.39. The van der Waals surface area contributed by atoms with Gasteiger partial charge in [-0.25, -0.2) is 19.6 Å². The molecule has 0 saturated heterocycles. The van der Waals surface area contributed by atoms with E-state index in [2.05, 4.69) is 15.1 Å². The van der Waals surface area contributed by atoms with Crippen molar-refractivity contribution in [2.24, 2.45) is 0 Å². The SMILES string of the molecule is O=c1[nH]n2cc(-c3nc4ccccc4s3)nc2s1. The molecule has 88 valence electrons. The molecule has 4 rings (SSSR count). The van der Waals surface area contributed by atoms with E-state index in [4.69, 9.17) is 0 Å². The van der Waals surface area contributed by atoms with Crippen LogP contribution in [0.3, 0.4) is 0 Å². The van der Waals surface area contributed by atoms with Crippen molar-refractivity contribution in [3.63, 3.8) is 0 Å². The highest BCUT2D eigenvalue weighted by atomic mass is 32.1. The molecular formula is C11H6N4OS2. The van der Waals surface area contributed by atoms with Crippen molar-refractivity contribution in [1.29, 1.82) is 0 Å². The molecule has 3 heterocycles. The summed E-state index contributed by atoms with van der Waals surface area (Å²) >= 11 is 2.69. The summed E-state index contributed by atoms with van der Waals surface area (Å²) in [7, 11) is 0. The van der Waals surface area contributed by atoms with Gasteiger partial charge in [-0.3, -0.25) is 4.79 Å². The number of imidazole rings is 1. The van der Waals surface area contributed by atoms with Crippen LogP contribution < -0.4 is 4.87 Å². The summed E-state index contributed by atoms with van der Waals surface area (Å²) in [5.41, 5.74) is 1.76. The monoisotopic (exact) mass is 274 g/mol. The van der Waals surface area contributed by atoms with Gasteiger partial charge < -0.3 is 0 Å². The molecule has 1 aromatic carbocycles. The van der Waals surface area contributed by atoms with Gasteiger partial charge in [0.15, 0.2) is 0 Å². The van der Waals surface area contributed by atoms with Crippen LogP contribution in [0.25, 0.3) is 25.9 Å². The van der Waals surface area contributed by atoms with E-state index in [-0.39, 0.29) is 4.87 Å². The van der Waals surface area contributed by atoms with Crippen molar-refractivity contribution in [3.8, 4) is 10.7 Å². The van der Waals surface area contributed by atoms with Crippen LogP contribution in [0, 0.1) is 0 Å². The van der Waals surface area contributed by atoms with Gasteiger partial charge in [-0.15, -0.1) is 11.3 Å². The smallest absolute Gasteiger partial charge is 0.255 e. The average molecular weight is 274 g/mol. The number of hydrogen-bond donors (Lipinski definition) is 1. The Kier molecular flexibility index (Phi) is 1.94. The first-order valence-corrected chi connectivity index (χ1v) is 6.87. The van der Waals surface area contributed by atoms with Crippen LogP contribution in [0.1, 0.15) is 0 Å². The molecule has 0 aliphatic rings. The summed E-state index contributed by atoms with van der Waals surface area (Å²) in [4.78, 5) is 20.6. The lowest BCUT2D eigenvalue weighted by Crippen LogP contribution is -1.95. The summed E-state index contributed by atoms with van der Waals surface area (Å²) in [6.45, 7) is 0. The normalized spacial score (nSPS) is 11.6. The zero-order valence-electron chi connectivity index (χ0n) is 8.95. The highest BCUT2D eigenvalue weighted by Crippen LogP contribution is 2.29. The third kappa shape index (κ3) is 1.41. The largest absolute Gasteiger partial charge is 0.322 e. The fourth-order valence-electron chi connectivity index (χ4n) is 1.80. The second-order valence-electron chi connectivity index (χ2n) is 3.77. The quantitative estimate of drug-likeness (QED) is 0.579. The van der Waals surface area contributed by atoms with Crippen molar-refractivity contribution in [3.05, 3.63) is 40.1 Å². The predicted molar refractivity (Wildman–Crippen MR) is 72.3 cm³/mol. The van der Waals surface area contributed by atoms with Crippen LogP contribution in [0.15, 0.2) is 35.3 Å². The maximum absolute atomic E-state index is 11.1. The standard InChI is InChI=1S/C11H6N4OS2/c16-11-14-15-5-7(13-10(15)18-11)9-12-6-3-1-2-4-8(6)17-9/h1-5H,(H,14,16). The molecule has 0 amide bonds. The van der Waals surface area contributed by atoms with Crippen LogP contribution >= 0.6 is 22.7 Å². The van der Waals surface area contributed by atoms with E-state index < -0.39 is 0 Å². The number of aromatic amines is 1. The minimum Gasteiger partial charge on any atom is -0.255 e. The van der Waals surface area contributed by atoms with Gasteiger partial charge in [-0.05, 0) is 23.5 Å². The summed E-state index contributed by atoms with van der Waals surface area (Å²) < 4.78 is 2.77. The molecule has 0 radical (unpaired) electrons. The summed E-state index contributed by atoms with van der Waals surface area (Å²) in [6.07, 6.45) is 1.80. The highest BCUT2D eigenvalue weighted by Gasteiger charge is 2.11. The maximum Gasteiger partial charge on any atom is 0.322 e. The molecule has 1 N–H and O–H groups in total. The van der Waals surface area contributed by atoms with Crippen LogP contribution in [-0.4, -0.2) is 19.6 Å². The molecule has 0 unspecified atom stereocenters. The van der Waals surface area contributed by atoms with E-state index in [1.54, 1.807) is 22.0 Å². The molecule has 0 spiro atoms. The lowest BCUT2D eigenvalue weighted by Gasteiger charge is -1.83. The van der Waals surface area contributed by atoms with Gasteiger partial charge in [0.25, 0.3) is 0 Å². The van der Waals surface area contributed by atoms with Crippen LogP contribution in [0.5, 0.6) is 0 Å². The number of thiazole rings is 1. The third-order valence-electron chi connectivity index (χ3n) is 2.58. The van der Waals surface area contributed by atoms with Crippen molar-refractivity contribution in [2.75, 3.05) is 0 Å². The minimum absolute atomic E-state index is 0.103. The van der Waals surface area contributed by atoms with E-state index in [9.17, 15) is 4.79 Å². The Morgan fingerprint density at radius 1 is 1.17 bits per heavy atom. The fraction of sp³-hybridized carbons (Fsp3) is 0. The fourth-order valence-corrected chi connectivity index (χ4v) is 3.37. The number of hydrogen-bond acceptors (Lipinski definition) is 5. The molecule has 5 nitrogen and oxygen atoms in total. The molecule has 18 heavy (non-hydrogen) atoms. The molecule has 0 atom stereocenters. The van der Waals surface area contributed by atoms with Crippen LogP contribution in [0.4, 0.5) is 0 Å². The molecule has 3 aromatic heterocycles. The Bertz CT molecular complexity index is 846. The average Bonchev–Trinajstić information content (AvgIpc) is 2.98. The van der Waals surface area contributed by atoms with Gasteiger partial charge in [0.1, 0.15) is 10.7 Å². The number of fused-ring (bicyclic) bond motifs is 2. The highest BCUT2D eigenvalue weighted by molar-refractivity contribution is 7.21. The summed E-state index contributed by atoms with van der Waals surface area (Å²) in [5.74, 6) is 0. The van der Waals surface area contributed by atoms with Gasteiger partial charge >= 0.3 is 4.87 Å². The van der Waals surface area contributed by atoms with Gasteiger partial charge in [0.2, 0.25) is 4.96 Å². The first kappa shape index (κ1) is 9.98. The van der Waals surface area contributed by atoms with E-state index in [1.165, 1.54) is 0 Å². The Morgan fingerprint density at radius 3 is 2.89 bits per heavy atom. The molecule has 0 aliphatic carbocycles. The summed E-state index contributed by atoms with van der Waals surface area (Å²) in [6, 6.07) is 7.98. The molecule has 4 aromatic rings. The molecule has 0 saturated carbocycles. The van der Waals surface area contributed by atoms with E-state index in [0.717, 1.165) is 32.3 Å². The van der Waals surface area contributed by atoms with Crippen molar-refractivity contribution < 1.29 is 0 Å². The number of nitrogens with zero attached hydrogens (tertiary/aromatic N) is 3. The number of nitrogens with one attached hydrogen (secondary N) is 1. The number of para-hydroxylation sites is 1. The molecule has 0 bridgehead atoms. The second kappa shape index (κ2) is 3.50. The van der Waals surface area contributed by atoms with Gasteiger partial charge in [-0.1, -0.05) is 12.1 Å². The van der Waals surface area contributed by atoms with Crippen molar-refractivity contribution in [2.45, 2.75) is 0 Å². The second-order valence-corrected chi connectivity index (χ2v) is 5.74. The van der Waals surface area contributed by atoms with Gasteiger partial charge in [0.05, 0.1) is 16.4 Å². The Labute approximate surface area is 108 Å². The lowest BCUT2D eigenvalue weighted by molar-refractivity contribution is 0.950. The van der Waals surface area contributed by atoms with Crippen LogP contribution in [-0.2, 0) is 0 Å². The molecular weight excluding hydrogens is 268 g/mol. The maximum atomic E-state index is 11.1. The van der Waals surface area contributed by atoms with E-state index >= 15 is 0 Å². The summed E-state index contributed by atoms with van der Waals surface area (Å²) in [5, 5.41) is 3.54. The first-order valence-electron chi connectivity index (χ1n) is 5.24. The van der Waals surface area contributed by atoms with Crippen molar-refractivity contribution >= 4 is 37.9 Å². The number of aromatic nitrogens is 4. The Hall–Kier alpha value is -1.99. The van der Waals surface area contributed by atoms with Gasteiger partial charge in [-0.2, -0.15) is 0 Å². The van der Waals surface area contributed by atoms with E-state index in [0.29, 0.717) is 4.96 Å². The van der Waals surface area contributed by atoms with E-state index in [1.807, 2.05) is 24.3 Å². The number of H-pyrrole nitrogens is 1. The predicted octanol–water partition coefficient (Wildman–Crippen LogP) is 2.36. The molecule has 0 aliphatic heterocycles. The van der Waals surface area contributed by atoms with Gasteiger partial charge in [0, 0.05) is 0 Å². The topological polar surface area (TPSA) is 63.0 Å².